The monoisotopic (exact) mass is 533 g/mol. The van der Waals surface area contributed by atoms with Crippen LogP contribution in [0.3, 0.4) is 0 Å². The van der Waals surface area contributed by atoms with Crippen LogP contribution in [-0.4, -0.2) is 42.7 Å². The number of nitrogens with one attached hydrogen (secondary N) is 3. The zero-order valence-corrected chi connectivity index (χ0v) is 21.2. The van der Waals surface area contributed by atoms with Crippen LogP contribution in [0.4, 0.5) is 10.5 Å². The van der Waals surface area contributed by atoms with Crippen LogP contribution >= 0.6 is 22.9 Å². The number of nitrogens with zero attached hydrogens (tertiary/aromatic N) is 2. The Bertz CT molecular complexity index is 1320. The highest BCUT2D eigenvalue weighted by Gasteiger charge is 2.31. The van der Waals surface area contributed by atoms with Crippen LogP contribution in [0.25, 0.3) is 0 Å². The van der Waals surface area contributed by atoms with E-state index in [2.05, 4.69) is 21.2 Å². The first-order valence-corrected chi connectivity index (χ1v) is 13.6. The minimum absolute atomic E-state index is 0.0453. The number of aryl methyl sites for hydroxylation is 1. The highest BCUT2D eigenvalue weighted by molar-refractivity contribution is 7.89. The lowest BCUT2D eigenvalue weighted by Crippen LogP contribution is -2.44. The summed E-state index contributed by atoms with van der Waals surface area (Å²) in [5.74, 6) is -0.490. The summed E-state index contributed by atoms with van der Waals surface area (Å²) in [5, 5.41) is 5.40. The molecule has 184 valence electrons. The molecular weight excluding hydrogens is 510 g/mol. The second-order valence-corrected chi connectivity index (χ2v) is 11.3. The Labute approximate surface area is 212 Å². The molecule has 2 heterocycles. The summed E-state index contributed by atoms with van der Waals surface area (Å²) in [6.45, 7) is 2.52. The summed E-state index contributed by atoms with van der Waals surface area (Å²) in [7, 11) is -3.63. The third-order valence-electron chi connectivity index (χ3n) is 5.66. The minimum Gasteiger partial charge on any atom is -0.307 e. The van der Waals surface area contributed by atoms with E-state index in [4.69, 9.17) is 11.6 Å². The molecule has 4 rings (SSSR count). The lowest BCUT2D eigenvalue weighted by molar-refractivity contribution is 0.0933. The van der Waals surface area contributed by atoms with Crippen molar-refractivity contribution in [3.63, 3.8) is 0 Å². The van der Waals surface area contributed by atoms with Gasteiger partial charge >= 0.3 is 6.03 Å². The van der Waals surface area contributed by atoms with Crippen LogP contribution in [0.2, 0.25) is 5.02 Å². The summed E-state index contributed by atoms with van der Waals surface area (Å²) in [6.07, 6.45) is 1.18. The van der Waals surface area contributed by atoms with Crippen LogP contribution in [0.15, 0.2) is 58.8 Å². The van der Waals surface area contributed by atoms with Crippen molar-refractivity contribution in [1.82, 2.24) is 20.1 Å². The lowest BCUT2D eigenvalue weighted by Gasteiger charge is -2.30. The molecule has 0 saturated carbocycles. The standard InChI is InChI=1S/C23H24ClN5O4S2/c1-15-7-8-18(13-19(15)24)35(32,33)29-11-9-16(10-12-29)22-26-20(14-34-22)21(30)27-28-23(31)25-17-5-3-2-4-6-17/h2-8,13-14,16H,9-12H2,1H3,(H,27,30)(H2,25,28,31). The van der Waals surface area contributed by atoms with E-state index in [1.165, 1.54) is 21.7 Å². The number of halogens is 1. The van der Waals surface area contributed by atoms with Gasteiger partial charge in [0.1, 0.15) is 5.69 Å². The topological polar surface area (TPSA) is 120 Å². The van der Waals surface area contributed by atoms with Gasteiger partial charge in [-0.3, -0.25) is 10.2 Å². The highest BCUT2D eigenvalue weighted by Crippen LogP contribution is 2.33. The van der Waals surface area contributed by atoms with Gasteiger partial charge in [0.15, 0.2) is 0 Å². The molecule has 0 unspecified atom stereocenters. The van der Waals surface area contributed by atoms with E-state index in [0.29, 0.717) is 36.6 Å². The fourth-order valence-electron chi connectivity index (χ4n) is 3.67. The molecule has 3 amide bonds. The minimum atomic E-state index is -3.63. The maximum absolute atomic E-state index is 13.0. The van der Waals surface area contributed by atoms with Gasteiger partial charge in [-0.1, -0.05) is 35.9 Å². The molecule has 1 fully saturated rings. The van der Waals surface area contributed by atoms with E-state index in [-0.39, 0.29) is 16.5 Å². The number of carbonyl (C=O) groups excluding carboxylic acids is 2. The van der Waals surface area contributed by atoms with E-state index in [1.807, 2.05) is 13.0 Å². The van der Waals surface area contributed by atoms with E-state index in [0.717, 1.165) is 10.6 Å². The summed E-state index contributed by atoms with van der Waals surface area (Å²) >= 11 is 7.46. The number of sulfonamides is 1. The van der Waals surface area contributed by atoms with Crippen molar-refractivity contribution in [3.05, 3.63) is 75.2 Å². The van der Waals surface area contributed by atoms with Gasteiger partial charge in [0.2, 0.25) is 10.0 Å². The van der Waals surface area contributed by atoms with Crippen LogP contribution in [0, 0.1) is 6.92 Å². The van der Waals surface area contributed by atoms with Crippen molar-refractivity contribution in [1.29, 1.82) is 0 Å². The number of amides is 3. The predicted octanol–water partition coefficient (Wildman–Crippen LogP) is 4.14. The molecule has 3 aromatic rings. The Kier molecular flexibility index (Phi) is 7.70. The van der Waals surface area contributed by atoms with Gasteiger partial charge in [-0.25, -0.2) is 23.6 Å². The second-order valence-electron chi connectivity index (χ2n) is 8.06. The summed E-state index contributed by atoms with van der Waals surface area (Å²) in [4.78, 5) is 28.9. The number of anilines is 1. The van der Waals surface area contributed by atoms with Gasteiger partial charge in [0.25, 0.3) is 5.91 Å². The van der Waals surface area contributed by atoms with Crippen molar-refractivity contribution in [2.45, 2.75) is 30.6 Å². The van der Waals surface area contributed by atoms with Gasteiger partial charge in [-0.15, -0.1) is 11.3 Å². The lowest BCUT2D eigenvalue weighted by atomic mass is 9.99. The number of hydrazine groups is 1. The number of para-hydroxylation sites is 1. The van der Waals surface area contributed by atoms with Crippen molar-refractivity contribution in [2.75, 3.05) is 18.4 Å². The van der Waals surface area contributed by atoms with Crippen LogP contribution in [0.5, 0.6) is 0 Å². The maximum Gasteiger partial charge on any atom is 0.337 e. The molecule has 0 radical (unpaired) electrons. The summed E-state index contributed by atoms with van der Waals surface area (Å²) in [6, 6.07) is 13.0. The molecule has 2 aromatic carbocycles. The van der Waals surface area contributed by atoms with Crippen LogP contribution in [-0.2, 0) is 10.0 Å². The fourth-order valence-corrected chi connectivity index (χ4v) is 6.38. The first kappa shape index (κ1) is 25.1. The van der Waals surface area contributed by atoms with Crippen LogP contribution in [0.1, 0.15) is 39.8 Å². The first-order valence-electron chi connectivity index (χ1n) is 10.9. The normalized spacial score (nSPS) is 14.9. The van der Waals surface area contributed by atoms with Crippen molar-refractivity contribution < 1.29 is 18.0 Å². The number of thiazole rings is 1. The average Bonchev–Trinajstić information content (AvgIpc) is 3.35. The molecule has 1 aliphatic heterocycles. The molecule has 1 aromatic heterocycles. The fraction of sp³-hybridized carbons (Fsp3) is 0.261. The molecule has 3 N–H and O–H groups in total. The Morgan fingerprint density at radius 2 is 1.80 bits per heavy atom. The van der Waals surface area contributed by atoms with Crippen molar-refractivity contribution in [3.8, 4) is 0 Å². The Morgan fingerprint density at radius 1 is 1.09 bits per heavy atom. The number of hydrogen-bond acceptors (Lipinski definition) is 6. The number of benzene rings is 2. The second kappa shape index (κ2) is 10.7. The zero-order chi connectivity index (χ0) is 25.0. The molecule has 1 saturated heterocycles. The molecule has 35 heavy (non-hydrogen) atoms. The van der Waals surface area contributed by atoms with Crippen molar-refractivity contribution >= 4 is 50.6 Å². The SMILES string of the molecule is Cc1ccc(S(=O)(=O)N2CCC(c3nc(C(=O)NNC(=O)Nc4ccccc4)cs3)CC2)cc1Cl. The Morgan fingerprint density at radius 3 is 2.49 bits per heavy atom. The quantitative estimate of drug-likeness (QED) is 0.426. The number of rotatable bonds is 5. The molecule has 12 heteroatoms. The Balaban J connectivity index is 1.30. The van der Waals surface area contributed by atoms with Gasteiger partial charge in [-0.05, 0) is 49.6 Å². The van der Waals surface area contributed by atoms with E-state index in [1.54, 1.807) is 41.8 Å². The molecule has 9 nitrogen and oxygen atoms in total. The largest absolute Gasteiger partial charge is 0.337 e. The van der Waals surface area contributed by atoms with Gasteiger partial charge < -0.3 is 5.32 Å². The van der Waals surface area contributed by atoms with E-state index >= 15 is 0 Å². The van der Waals surface area contributed by atoms with E-state index < -0.39 is 22.0 Å². The average molecular weight is 534 g/mol. The Hall–Kier alpha value is -2.99. The highest BCUT2D eigenvalue weighted by atomic mass is 35.5. The zero-order valence-electron chi connectivity index (χ0n) is 18.8. The third-order valence-corrected chi connectivity index (χ3v) is 8.97. The smallest absolute Gasteiger partial charge is 0.307 e. The molecule has 1 aliphatic rings. The predicted molar refractivity (Wildman–Crippen MR) is 135 cm³/mol. The number of piperidine rings is 1. The van der Waals surface area contributed by atoms with Crippen LogP contribution < -0.4 is 16.2 Å². The van der Waals surface area contributed by atoms with E-state index in [9.17, 15) is 18.0 Å². The molecular formula is C23H24ClN5O4S2. The molecule has 0 aliphatic carbocycles. The number of hydrogen-bond donors (Lipinski definition) is 3. The number of urea groups is 1. The molecule has 0 atom stereocenters. The summed E-state index contributed by atoms with van der Waals surface area (Å²) in [5.41, 5.74) is 6.23. The first-order chi connectivity index (χ1) is 16.7. The van der Waals surface area contributed by atoms with Gasteiger partial charge in [-0.2, -0.15) is 4.31 Å². The number of aromatic nitrogens is 1. The molecule has 0 bridgehead atoms. The van der Waals surface area contributed by atoms with Crippen molar-refractivity contribution in [2.24, 2.45) is 0 Å². The summed E-state index contributed by atoms with van der Waals surface area (Å²) < 4.78 is 27.4. The van der Waals surface area contributed by atoms with Gasteiger partial charge in [0.05, 0.1) is 9.90 Å². The maximum atomic E-state index is 13.0. The third kappa shape index (κ3) is 5.99. The number of carbonyl (C=O) groups is 2. The molecule has 0 spiro atoms. The van der Waals surface area contributed by atoms with Gasteiger partial charge in [0, 0.05) is 35.1 Å².